The van der Waals surface area contributed by atoms with E-state index in [1.807, 2.05) is 35.0 Å². The minimum atomic E-state index is -0.745. The maximum atomic E-state index is 11.1. The average molecular weight is 238 g/mol. The molecule has 0 aliphatic carbocycles. The van der Waals surface area contributed by atoms with E-state index in [0.717, 1.165) is 9.75 Å². The van der Waals surface area contributed by atoms with Crippen LogP contribution < -0.4 is 0 Å². The van der Waals surface area contributed by atoms with Gasteiger partial charge in [0, 0.05) is 9.75 Å². The summed E-state index contributed by atoms with van der Waals surface area (Å²) in [6.45, 7) is 0. The smallest absolute Gasteiger partial charge is 0.312 e. The molecule has 0 aliphatic heterocycles. The van der Waals surface area contributed by atoms with Gasteiger partial charge >= 0.3 is 5.97 Å². The van der Waals surface area contributed by atoms with E-state index in [1.165, 1.54) is 11.3 Å². The molecule has 2 nitrogen and oxygen atoms in total. The standard InChI is InChI=1S/C11H10O2S2/c12-11(13)9(10-4-2-6-15-10)7-8-3-1-5-14-8/h1-6,9H,7H2,(H,12,13)/t9-/m0/s1. The third kappa shape index (κ3) is 2.46. The van der Waals surface area contributed by atoms with Crippen LogP contribution in [0, 0.1) is 0 Å². The molecule has 0 bridgehead atoms. The summed E-state index contributed by atoms with van der Waals surface area (Å²) in [6.07, 6.45) is 0.591. The first-order chi connectivity index (χ1) is 7.27. The van der Waals surface area contributed by atoms with Crippen molar-refractivity contribution in [1.82, 2.24) is 0 Å². The lowest BCUT2D eigenvalue weighted by molar-refractivity contribution is -0.138. The number of carbonyl (C=O) groups is 1. The highest BCUT2D eigenvalue weighted by Crippen LogP contribution is 2.26. The van der Waals surface area contributed by atoms with Crippen LogP contribution >= 0.6 is 22.7 Å². The van der Waals surface area contributed by atoms with Gasteiger partial charge in [0.15, 0.2) is 0 Å². The first kappa shape index (κ1) is 10.4. The van der Waals surface area contributed by atoms with E-state index in [4.69, 9.17) is 5.11 Å². The number of carboxylic acids is 1. The van der Waals surface area contributed by atoms with Crippen LogP contribution in [-0.2, 0) is 11.2 Å². The van der Waals surface area contributed by atoms with Gasteiger partial charge in [-0.05, 0) is 29.3 Å². The van der Waals surface area contributed by atoms with Crippen LogP contribution in [0.1, 0.15) is 15.7 Å². The summed E-state index contributed by atoms with van der Waals surface area (Å²) in [4.78, 5) is 13.2. The zero-order chi connectivity index (χ0) is 10.7. The Balaban J connectivity index is 2.18. The molecule has 0 saturated carbocycles. The molecule has 0 radical (unpaired) electrons. The monoisotopic (exact) mass is 238 g/mol. The van der Waals surface area contributed by atoms with Crippen molar-refractivity contribution in [3.63, 3.8) is 0 Å². The first-order valence-corrected chi connectivity index (χ1v) is 6.32. The van der Waals surface area contributed by atoms with Crippen LogP contribution in [0.4, 0.5) is 0 Å². The minimum Gasteiger partial charge on any atom is -0.481 e. The Morgan fingerprint density at radius 1 is 1.27 bits per heavy atom. The van der Waals surface area contributed by atoms with Gasteiger partial charge in [-0.1, -0.05) is 12.1 Å². The zero-order valence-corrected chi connectivity index (χ0v) is 9.55. The Labute approximate surface area is 95.8 Å². The quantitative estimate of drug-likeness (QED) is 0.888. The third-order valence-corrected chi connectivity index (χ3v) is 4.05. The molecule has 2 aromatic rings. The van der Waals surface area contributed by atoms with E-state index in [1.54, 1.807) is 11.3 Å². The molecule has 1 N–H and O–H groups in total. The predicted octanol–water partition coefficient (Wildman–Crippen LogP) is 3.22. The second kappa shape index (κ2) is 4.59. The normalized spacial score (nSPS) is 12.5. The molecule has 15 heavy (non-hydrogen) atoms. The van der Waals surface area contributed by atoms with Gasteiger partial charge in [0.25, 0.3) is 0 Å². The van der Waals surface area contributed by atoms with Crippen molar-refractivity contribution in [3.05, 3.63) is 44.8 Å². The van der Waals surface area contributed by atoms with Gasteiger partial charge in [0.2, 0.25) is 0 Å². The van der Waals surface area contributed by atoms with Crippen LogP contribution in [0.5, 0.6) is 0 Å². The van der Waals surface area contributed by atoms with E-state index >= 15 is 0 Å². The van der Waals surface area contributed by atoms with Crippen LogP contribution in [0.2, 0.25) is 0 Å². The summed E-state index contributed by atoms with van der Waals surface area (Å²) in [7, 11) is 0. The maximum absolute atomic E-state index is 11.1. The first-order valence-electron chi connectivity index (χ1n) is 4.56. The van der Waals surface area contributed by atoms with Crippen molar-refractivity contribution in [2.24, 2.45) is 0 Å². The van der Waals surface area contributed by atoms with Crippen molar-refractivity contribution in [2.75, 3.05) is 0 Å². The number of rotatable bonds is 4. The molecule has 2 heterocycles. The highest BCUT2D eigenvalue weighted by molar-refractivity contribution is 7.10. The van der Waals surface area contributed by atoms with Gasteiger partial charge in [-0.2, -0.15) is 0 Å². The summed E-state index contributed by atoms with van der Waals surface area (Å²) in [5, 5.41) is 13.0. The molecule has 2 rings (SSSR count). The molecule has 0 unspecified atom stereocenters. The molecular weight excluding hydrogens is 228 g/mol. The summed E-state index contributed by atoms with van der Waals surface area (Å²) >= 11 is 3.11. The lowest BCUT2D eigenvalue weighted by Gasteiger charge is -2.08. The number of hydrogen-bond acceptors (Lipinski definition) is 3. The maximum Gasteiger partial charge on any atom is 0.312 e. The Hall–Kier alpha value is -1.13. The van der Waals surface area contributed by atoms with E-state index in [0.29, 0.717) is 6.42 Å². The second-order valence-electron chi connectivity index (χ2n) is 3.19. The molecule has 0 saturated heterocycles. The van der Waals surface area contributed by atoms with Gasteiger partial charge < -0.3 is 5.11 Å². The number of hydrogen-bond donors (Lipinski definition) is 1. The Morgan fingerprint density at radius 2 is 2.00 bits per heavy atom. The fraction of sp³-hybridized carbons (Fsp3) is 0.182. The SMILES string of the molecule is O=C(O)[C@@H](Cc1cccs1)c1cccs1. The van der Waals surface area contributed by atoms with Crippen LogP contribution in [0.3, 0.4) is 0 Å². The molecule has 1 atom stereocenters. The van der Waals surface area contributed by atoms with Crippen molar-refractivity contribution >= 4 is 28.6 Å². The van der Waals surface area contributed by atoms with E-state index in [2.05, 4.69) is 0 Å². The van der Waals surface area contributed by atoms with Gasteiger partial charge in [-0.15, -0.1) is 22.7 Å². The largest absolute Gasteiger partial charge is 0.481 e. The van der Waals surface area contributed by atoms with Gasteiger partial charge in [0.05, 0.1) is 5.92 Å². The molecule has 0 amide bonds. The van der Waals surface area contributed by atoms with Crippen molar-refractivity contribution in [2.45, 2.75) is 12.3 Å². The molecule has 0 aliphatic rings. The van der Waals surface area contributed by atoms with Crippen LogP contribution in [0.15, 0.2) is 35.0 Å². The van der Waals surface area contributed by atoms with Crippen molar-refractivity contribution < 1.29 is 9.90 Å². The fourth-order valence-corrected chi connectivity index (χ4v) is 3.00. The van der Waals surface area contributed by atoms with Crippen molar-refractivity contribution in [1.29, 1.82) is 0 Å². The average Bonchev–Trinajstić information content (AvgIpc) is 2.87. The topological polar surface area (TPSA) is 37.3 Å². The lowest BCUT2D eigenvalue weighted by atomic mass is 10.0. The minimum absolute atomic E-state index is 0.399. The Morgan fingerprint density at radius 3 is 2.53 bits per heavy atom. The summed E-state index contributed by atoms with van der Waals surface area (Å²) < 4.78 is 0. The van der Waals surface area contributed by atoms with E-state index < -0.39 is 11.9 Å². The summed E-state index contributed by atoms with van der Waals surface area (Å²) in [6, 6.07) is 7.71. The van der Waals surface area contributed by atoms with Crippen LogP contribution in [-0.4, -0.2) is 11.1 Å². The fourth-order valence-electron chi connectivity index (χ4n) is 1.43. The zero-order valence-electron chi connectivity index (χ0n) is 7.92. The van der Waals surface area contributed by atoms with E-state index in [9.17, 15) is 4.79 Å². The number of carboxylic acid groups (broad SMARTS) is 1. The van der Waals surface area contributed by atoms with Gasteiger partial charge in [-0.25, -0.2) is 0 Å². The molecule has 2 aromatic heterocycles. The lowest BCUT2D eigenvalue weighted by Crippen LogP contribution is -2.12. The summed E-state index contributed by atoms with van der Waals surface area (Å²) in [5.41, 5.74) is 0. The molecule has 0 spiro atoms. The third-order valence-electron chi connectivity index (χ3n) is 2.17. The molecule has 0 fully saturated rings. The molecule has 78 valence electrons. The Bertz CT molecular complexity index is 417. The Kier molecular flexibility index (Phi) is 3.18. The highest BCUT2D eigenvalue weighted by Gasteiger charge is 2.21. The highest BCUT2D eigenvalue weighted by atomic mass is 32.1. The second-order valence-corrected chi connectivity index (χ2v) is 5.20. The molecular formula is C11H10O2S2. The predicted molar refractivity (Wildman–Crippen MR) is 62.7 cm³/mol. The van der Waals surface area contributed by atoms with Gasteiger partial charge in [-0.3, -0.25) is 4.79 Å². The molecule has 0 aromatic carbocycles. The van der Waals surface area contributed by atoms with Crippen molar-refractivity contribution in [3.8, 4) is 0 Å². The number of aliphatic carboxylic acids is 1. The van der Waals surface area contributed by atoms with E-state index in [-0.39, 0.29) is 0 Å². The van der Waals surface area contributed by atoms with Gasteiger partial charge in [0.1, 0.15) is 0 Å². The van der Waals surface area contributed by atoms with Crippen LogP contribution in [0.25, 0.3) is 0 Å². The summed E-state index contributed by atoms with van der Waals surface area (Å²) in [5.74, 6) is -1.14. The molecule has 4 heteroatoms. The number of thiophene rings is 2.